The van der Waals surface area contributed by atoms with Crippen LogP contribution in [-0.2, 0) is 4.79 Å². The highest BCUT2D eigenvalue weighted by atomic mass is 16.5. The van der Waals surface area contributed by atoms with Gasteiger partial charge in [-0.25, -0.2) is 0 Å². The molecule has 4 nitrogen and oxygen atoms in total. The van der Waals surface area contributed by atoms with E-state index < -0.39 is 0 Å². The molecule has 0 aromatic heterocycles. The summed E-state index contributed by atoms with van der Waals surface area (Å²) in [6.07, 6.45) is 17.3. The average molecular weight is 374 g/mol. The third-order valence-electron chi connectivity index (χ3n) is 5.30. The maximum Gasteiger partial charge on any atom is 0.244 e. The van der Waals surface area contributed by atoms with Crippen molar-refractivity contribution in [3.8, 4) is 11.5 Å². The van der Waals surface area contributed by atoms with Crippen LogP contribution in [0.3, 0.4) is 0 Å². The number of hydrogen-bond donors (Lipinski definition) is 1. The van der Waals surface area contributed by atoms with Gasteiger partial charge in [0, 0.05) is 17.7 Å². The quantitative estimate of drug-likeness (QED) is 0.693. The smallest absolute Gasteiger partial charge is 0.244 e. The Morgan fingerprint density at radius 1 is 0.926 bits per heavy atom. The number of nitrogens with one attached hydrogen (secondary N) is 1. The number of methoxy groups -OCH3 is 2. The van der Waals surface area contributed by atoms with Crippen LogP contribution in [0, 0.1) is 0 Å². The zero-order chi connectivity index (χ0) is 19.3. The summed E-state index contributed by atoms with van der Waals surface area (Å²) in [6.45, 7) is 0. The highest BCUT2D eigenvalue weighted by Gasteiger charge is 2.11. The van der Waals surface area contributed by atoms with Gasteiger partial charge >= 0.3 is 0 Å². The van der Waals surface area contributed by atoms with Gasteiger partial charge in [-0.2, -0.15) is 0 Å². The van der Waals surface area contributed by atoms with Crippen LogP contribution in [0.25, 0.3) is 6.08 Å². The van der Waals surface area contributed by atoms with Gasteiger partial charge in [0.15, 0.2) is 0 Å². The Morgan fingerprint density at radius 2 is 1.52 bits per heavy atom. The maximum absolute atomic E-state index is 12.4. The molecule has 0 heterocycles. The lowest BCUT2D eigenvalue weighted by Crippen LogP contribution is -2.33. The van der Waals surface area contributed by atoms with Gasteiger partial charge in [0.05, 0.1) is 14.2 Å². The van der Waals surface area contributed by atoms with E-state index in [-0.39, 0.29) is 11.9 Å². The number of hydrogen-bond acceptors (Lipinski definition) is 3. The normalized spacial score (nSPS) is 17.7. The van der Waals surface area contributed by atoms with Crippen LogP contribution in [-0.4, -0.2) is 26.2 Å². The molecule has 1 amide bonds. The average Bonchev–Trinajstić information content (AvgIpc) is 2.68. The van der Waals surface area contributed by atoms with Gasteiger partial charge in [-0.3, -0.25) is 4.79 Å². The van der Waals surface area contributed by atoms with Crippen molar-refractivity contribution in [1.82, 2.24) is 5.32 Å². The lowest BCUT2D eigenvalue weighted by Gasteiger charge is -2.18. The summed E-state index contributed by atoms with van der Waals surface area (Å²) in [6, 6.07) is 5.86. The molecule has 27 heavy (non-hydrogen) atoms. The number of carbonyl (C=O) groups is 1. The molecule has 1 aliphatic rings. The first-order chi connectivity index (χ1) is 13.2. The van der Waals surface area contributed by atoms with Crippen LogP contribution >= 0.6 is 0 Å². The van der Waals surface area contributed by atoms with Crippen molar-refractivity contribution in [2.45, 2.75) is 76.7 Å². The monoisotopic (exact) mass is 373 g/mol. The molecule has 1 saturated carbocycles. The van der Waals surface area contributed by atoms with E-state index in [1.165, 1.54) is 57.8 Å². The molecule has 1 N–H and O–H groups in total. The summed E-state index contributed by atoms with van der Waals surface area (Å²) in [4.78, 5) is 12.4. The Hall–Kier alpha value is -1.97. The van der Waals surface area contributed by atoms with Crippen LogP contribution in [0.4, 0.5) is 0 Å². The van der Waals surface area contributed by atoms with E-state index in [0.717, 1.165) is 29.9 Å². The molecule has 0 bridgehead atoms. The Labute approximate surface area is 164 Å². The van der Waals surface area contributed by atoms with Crippen molar-refractivity contribution >= 4 is 12.0 Å². The maximum atomic E-state index is 12.4. The van der Waals surface area contributed by atoms with Gasteiger partial charge in [0.25, 0.3) is 0 Å². The minimum absolute atomic E-state index is 0.0306. The summed E-state index contributed by atoms with van der Waals surface area (Å²) in [5.74, 6) is 1.44. The van der Waals surface area contributed by atoms with Crippen LogP contribution in [0.1, 0.15) is 76.2 Å². The molecule has 0 aliphatic heterocycles. The first kappa shape index (κ1) is 21.3. The Morgan fingerprint density at radius 3 is 2.07 bits per heavy atom. The van der Waals surface area contributed by atoms with Gasteiger partial charge in [-0.1, -0.05) is 57.8 Å². The van der Waals surface area contributed by atoms with E-state index >= 15 is 0 Å². The minimum atomic E-state index is -0.0306. The Balaban J connectivity index is 1.92. The van der Waals surface area contributed by atoms with Gasteiger partial charge in [0.1, 0.15) is 11.5 Å². The minimum Gasteiger partial charge on any atom is -0.497 e. The van der Waals surface area contributed by atoms with Crippen LogP contribution in [0.15, 0.2) is 24.3 Å². The molecule has 2 rings (SSSR count). The number of amides is 1. The fourth-order valence-electron chi connectivity index (χ4n) is 3.69. The molecule has 0 saturated heterocycles. The van der Waals surface area contributed by atoms with Crippen molar-refractivity contribution in [1.29, 1.82) is 0 Å². The zero-order valence-corrected chi connectivity index (χ0v) is 17.0. The molecular weight excluding hydrogens is 338 g/mol. The summed E-state index contributed by atoms with van der Waals surface area (Å²) in [5.41, 5.74) is 0.839. The molecule has 1 aliphatic carbocycles. The third kappa shape index (κ3) is 8.06. The summed E-state index contributed by atoms with van der Waals surface area (Å²) in [7, 11) is 3.26. The van der Waals surface area contributed by atoms with E-state index in [1.807, 2.05) is 18.2 Å². The summed E-state index contributed by atoms with van der Waals surface area (Å²) < 4.78 is 10.6. The van der Waals surface area contributed by atoms with Crippen molar-refractivity contribution < 1.29 is 14.3 Å². The Bertz CT molecular complexity index is 585. The lowest BCUT2D eigenvalue weighted by molar-refractivity contribution is -0.117. The highest BCUT2D eigenvalue weighted by molar-refractivity contribution is 5.92. The second-order valence-corrected chi connectivity index (χ2v) is 7.41. The van der Waals surface area contributed by atoms with E-state index in [2.05, 4.69) is 5.32 Å². The van der Waals surface area contributed by atoms with Crippen molar-refractivity contribution in [2.24, 2.45) is 0 Å². The van der Waals surface area contributed by atoms with Crippen LogP contribution in [0.2, 0.25) is 0 Å². The molecule has 1 aromatic rings. The molecule has 150 valence electrons. The van der Waals surface area contributed by atoms with E-state index in [1.54, 1.807) is 26.4 Å². The highest BCUT2D eigenvalue weighted by Crippen LogP contribution is 2.25. The molecular formula is C23H35NO3. The predicted molar refractivity (Wildman–Crippen MR) is 111 cm³/mol. The number of rotatable bonds is 5. The third-order valence-corrected chi connectivity index (χ3v) is 5.30. The van der Waals surface area contributed by atoms with Gasteiger partial charge < -0.3 is 14.8 Å². The van der Waals surface area contributed by atoms with E-state index in [9.17, 15) is 4.79 Å². The van der Waals surface area contributed by atoms with Crippen LogP contribution < -0.4 is 14.8 Å². The standard InChI is InChI=1S/C23H35NO3/c1-26-21-15-16-22(27-2)19(18-21)14-17-23(25)24-20-12-10-8-6-4-3-5-7-9-11-13-20/h14-18,20H,3-13H2,1-2H3,(H,24,25)/b17-14+. The van der Waals surface area contributed by atoms with Crippen molar-refractivity contribution in [3.05, 3.63) is 29.8 Å². The first-order valence-electron chi connectivity index (χ1n) is 10.4. The number of ether oxygens (including phenoxy) is 2. The first-order valence-corrected chi connectivity index (χ1v) is 10.4. The molecule has 1 aromatic carbocycles. The molecule has 0 spiro atoms. The van der Waals surface area contributed by atoms with Crippen LogP contribution in [0.5, 0.6) is 11.5 Å². The fraction of sp³-hybridized carbons (Fsp3) is 0.609. The largest absolute Gasteiger partial charge is 0.497 e. The second-order valence-electron chi connectivity index (χ2n) is 7.41. The molecule has 4 heteroatoms. The fourth-order valence-corrected chi connectivity index (χ4v) is 3.69. The van der Waals surface area contributed by atoms with Gasteiger partial charge in [-0.05, 0) is 37.1 Å². The van der Waals surface area contributed by atoms with Gasteiger partial charge in [0.2, 0.25) is 5.91 Å². The topological polar surface area (TPSA) is 47.6 Å². The van der Waals surface area contributed by atoms with E-state index in [0.29, 0.717) is 0 Å². The Kier molecular flexibility index (Phi) is 9.81. The summed E-state index contributed by atoms with van der Waals surface area (Å²) >= 11 is 0. The lowest BCUT2D eigenvalue weighted by atomic mass is 9.98. The molecule has 0 radical (unpaired) electrons. The second kappa shape index (κ2) is 12.4. The van der Waals surface area contributed by atoms with Crippen molar-refractivity contribution in [2.75, 3.05) is 14.2 Å². The number of carbonyl (C=O) groups excluding carboxylic acids is 1. The SMILES string of the molecule is COc1ccc(OC)c(/C=C/C(=O)NC2CCCCCCCCCCC2)c1. The molecule has 0 unspecified atom stereocenters. The van der Waals surface area contributed by atoms with E-state index in [4.69, 9.17) is 9.47 Å². The summed E-state index contributed by atoms with van der Waals surface area (Å²) in [5, 5.41) is 3.21. The van der Waals surface area contributed by atoms with Gasteiger partial charge in [-0.15, -0.1) is 0 Å². The van der Waals surface area contributed by atoms with Crippen molar-refractivity contribution in [3.63, 3.8) is 0 Å². The zero-order valence-electron chi connectivity index (χ0n) is 17.0. The molecule has 0 atom stereocenters. The molecule has 1 fully saturated rings. The number of benzene rings is 1. The predicted octanol–water partition coefficient (Wildman–Crippen LogP) is 5.51.